The largest absolute Gasteiger partial charge is 0.353 e. The van der Waals surface area contributed by atoms with E-state index in [4.69, 9.17) is 9.47 Å². The third kappa shape index (κ3) is 3.94. The van der Waals surface area contributed by atoms with E-state index in [9.17, 15) is 4.39 Å². The smallest absolute Gasteiger partial charge is 0.167 e. The summed E-state index contributed by atoms with van der Waals surface area (Å²) in [6, 6.07) is 0. The normalized spacial score (nSPS) is 31.4. The molecule has 0 aromatic heterocycles. The number of rotatable bonds is 6. The molecule has 2 nitrogen and oxygen atoms in total. The Balaban J connectivity index is 1.73. The minimum atomic E-state index is -0.311. The van der Waals surface area contributed by atoms with Crippen LogP contribution in [0, 0.1) is 17.8 Å². The Morgan fingerprint density at radius 1 is 0.900 bits per heavy atom. The Labute approximate surface area is 123 Å². The molecule has 0 bridgehead atoms. The molecule has 2 rings (SSSR count). The van der Waals surface area contributed by atoms with E-state index in [1.807, 2.05) is 0 Å². The van der Waals surface area contributed by atoms with Gasteiger partial charge in [-0.1, -0.05) is 12.8 Å². The average Bonchev–Trinajstić information content (AvgIpc) is 2.53. The fourth-order valence-electron chi connectivity index (χ4n) is 4.36. The van der Waals surface area contributed by atoms with Gasteiger partial charge < -0.3 is 9.47 Å². The molecular weight excluding hydrogens is 255 g/mol. The summed E-state index contributed by atoms with van der Waals surface area (Å²) in [6.07, 6.45) is 11.8. The summed E-state index contributed by atoms with van der Waals surface area (Å²) < 4.78 is 23.4. The lowest BCUT2D eigenvalue weighted by atomic mass is 9.69. The molecule has 0 aliphatic heterocycles. The maximum atomic E-state index is 12.2. The van der Waals surface area contributed by atoms with Gasteiger partial charge in [-0.3, -0.25) is 4.39 Å². The number of alkyl halides is 1. The van der Waals surface area contributed by atoms with Crippen molar-refractivity contribution in [3.63, 3.8) is 0 Å². The van der Waals surface area contributed by atoms with Gasteiger partial charge in [-0.2, -0.15) is 0 Å². The molecule has 0 aromatic carbocycles. The van der Waals surface area contributed by atoms with Gasteiger partial charge in [0.1, 0.15) is 0 Å². The summed E-state index contributed by atoms with van der Waals surface area (Å²) in [5.74, 6) is 2.23. The van der Waals surface area contributed by atoms with Crippen LogP contribution in [0.3, 0.4) is 0 Å². The molecule has 0 heterocycles. The summed E-state index contributed by atoms with van der Waals surface area (Å²) in [4.78, 5) is 0. The number of ether oxygens (including phenoxy) is 2. The zero-order valence-electron chi connectivity index (χ0n) is 13.2. The second-order valence-electron chi connectivity index (χ2n) is 6.77. The highest BCUT2D eigenvalue weighted by Crippen LogP contribution is 2.44. The van der Waals surface area contributed by atoms with Crippen molar-refractivity contribution in [3.8, 4) is 0 Å². The van der Waals surface area contributed by atoms with Gasteiger partial charge >= 0.3 is 0 Å². The molecule has 2 aliphatic rings. The topological polar surface area (TPSA) is 18.5 Å². The summed E-state index contributed by atoms with van der Waals surface area (Å²) >= 11 is 0. The fourth-order valence-corrected chi connectivity index (χ4v) is 4.36. The molecule has 2 aliphatic carbocycles. The zero-order valence-corrected chi connectivity index (χ0v) is 13.2. The molecular formula is C17H31FO2. The van der Waals surface area contributed by atoms with Crippen LogP contribution < -0.4 is 0 Å². The Bertz CT molecular complexity index is 260. The highest BCUT2D eigenvalue weighted by molar-refractivity contribution is 4.85. The third-order valence-electron chi connectivity index (χ3n) is 5.84. The summed E-state index contributed by atoms with van der Waals surface area (Å²) in [6.45, 7) is -0.140. The standard InChI is InChI=1S/C17H31FO2/c1-19-17(20-2)11-9-16(10-12-17)15-7-5-14(6-8-15)4-3-13-18/h14-16H,3-13H2,1-2H3. The van der Waals surface area contributed by atoms with Crippen LogP contribution in [0.5, 0.6) is 0 Å². The van der Waals surface area contributed by atoms with Crippen LogP contribution in [0.15, 0.2) is 0 Å². The molecule has 0 atom stereocenters. The van der Waals surface area contributed by atoms with E-state index in [2.05, 4.69) is 0 Å². The van der Waals surface area contributed by atoms with Crippen molar-refractivity contribution in [1.29, 1.82) is 0 Å². The molecule has 0 spiro atoms. The van der Waals surface area contributed by atoms with Gasteiger partial charge in [-0.15, -0.1) is 0 Å². The lowest BCUT2D eigenvalue weighted by Gasteiger charge is -2.42. The number of methoxy groups -OCH3 is 2. The SMILES string of the molecule is COC1(OC)CCC(C2CCC(CCCF)CC2)CC1. The van der Waals surface area contributed by atoms with Crippen LogP contribution in [0.4, 0.5) is 4.39 Å². The maximum Gasteiger partial charge on any atom is 0.167 e. The van der Waals surface area contributed by atoms with E-state index in [1.165, 1.54) is 38.5 Å². The Kier molecular flexibility index (Phi) is 6.28. The number of halogens is 1. The molecule has 2 saturated carbocycles. The van der Waals surface area contributed by atoms with Crippen molar-refractivity contribution in [2.24, 2.45) is 17.8 Å². The number of hydrogen-bond acceptors (Lipinski definition) is 2. The number of hydrogen-bond donors (Lipinski definition) is 0. The van der Waals surface area contributed by atoms with Crippen LogP contribution in [-0.2, 0) is 9.47 Å². The lowest BCUT2D eigenvalue weighted by molar-refractivity contribution is -0.229. The Morgan fingerprint density at radius 3 is 1.95 bits per heavy atom. The second-order valence-corrected chi connectivity index (χ2v) is 6.77. The van der Waals surface area contributed by atoms with Gasteiger partial charge in [-0.25, -0.2) is 0 Å². The molecule has 2 fully saturated rings. The van der Waals surface area contributed by atoms with Gasteiger partial charge in [0.05, 0.1) is 6.67 Å². The molecule has 20 heavy (non-hydrogen) atoms. The first kappa shape index (κ1) is 16.2. The quantitative estimate of drug-likeness (QED) is 0.658. The van der Waals surface area contributed by atoms with Gasteiger partial charge in [0.2, 0.25) is 0 Å². The summed E-state index contributed by atoms with van der Waals surface area (Å²) in [5.41, 5.74) is 0. The molecule has 0 N–H and O–H groups in total. The summed E-state index contributed by atoms with van der Waals surface area (Å²) in [5, 5.41) is 0. The van der Waals surface area contributed by atoms with E-state index >= 15 is 0 Å². The van der Waals surface area contributed by atoms with E-state index < -0.39 is 0 Å². The molecule has 0 unspecified atom stereocenters. The average molecular weight is 286 g/mol. The van der Waals surface area contributed by atoms with Gasteiger partial charge in [0.25, 0.3) is 0 Å². The lowest BCUT2D eigenvalue weighted by Crippen LogP contribution is -2.39. The molecule has 118 valence electrons. The molecule has 0 saturated heterocycles. The molecule has 0 aromatic rings. The van der Waals surface area contributed by atoms with Gasteiger partial charge in [-0.05, 0) is 56.3 Å². The van der Waals surface area contributed by atoms with Crippen molar-refractivity contribution < 1.29 is 13.9 Å². The molecule has 0 radical (unpaired) electrons. The summed E-state index contributed by atoms with van der Waals surface area (Å²) in [7, 11) is 3.53. The second kappa shape index (κ2) is 7.74. The maximum absolute atomic E-state index is 12.2. The van der Waals surface area contributed by atoms with E-state index in [-0.39, 0.29) is 12.5 Å². The van der Waals surface area contributed by atoms with Gasteiger partial charge in [0.15, 0.2) is 5.79 Å². The minimum Gasteiger partial charge on any atom is -0.353 e. The first-order valence-electron chi connectivity index (χ1n) is 8.39. The van der Waals surface area contributed by atoms with Crippen molar-refractivity contribution in [3.05, 3.63) is 0 Å². The predicted molar refractivity (Wildman–Crippen MR) is 79.4 cm³/mol. The highest BCUT2D eigenvalue weighted by Gasteiger charge is 2.38. The van der Waals surface area contributed by atoms with Crippen molar-refractivity contribution in [2.45, 2.75) is 70.0 Å². The van der Waals surface area contributed by atoms with Crippen molar-refractivity contribution >= 4 is 0 Å². The van der Waals surface area contributed by atoms with E-state index in [1.54, 1.807) is 14.2 Å². The first-order chi connectivity index (χ1) is 9.73. The highest BCUT2D eigenvalue weighted by atomic mass is 19.1. The Hall–Kier alpha value is -0.150. The van der Waals surface area contributed by atoms with Crippen LogP contribution in [0.25, 0.3) is 0 Å². The fraction of sp³-hybridized carbons (Fsp3) is 1.00. The van der Waals surface area contributed by atoms with Crippen molar-refractivity contribution in [1.82, 2.24) is 0 Å². The molecule has 3 heteroatoms. The van der Waals surface area contributed by atoms with Crippen LogP contribution >= 0.6 is 0 Å². The third-order valence-corrected chi connectivity index (χ3v) is 5.84. The Morgan fingerprint density at radius 2 is 1.45 bits per heavy atom. The molecule has 0 amide bonds. The van der Waals surface area contributed by atoms with Crippen LogP contribution in [-0.4, -0.2) is 26.7 Å². The minimum absolute atomic E-state index is 0.140. The predicted octanol–water partition coefficient (Wildman–Crippen LogP) is 4.72. The van der Waals surface area contributed by atoms with E-state index in [0.717, 1.165) is 43.4 Å². The van der Waals surface area contributed by atoms with E-state index in [0.29, 0.717) is 0 Å². The van der Waals surface area contributed by atoms with Gasteiger partial charge in [0, 0.05) is 27.1 Å². The van der Waals surface area contributed by atoms with Crippen LogP contribution in [0.2, 0.25) is 0 Å². The zero-order chi connectivity index (χ0) is 14.4. The van der Waals surface area contributed by atoms with Crippen molar-refractivity contribution in [2.75, 3.05) is 20.9 Å². The van der Waals surface area contributed by atoms with Crippen LogP contribution in [0.1, 0.15) is 64.2 Å². The monoisotopic (exact) mass is 286 g/mol. The first-order valence-corrected chi connectivity index (χ1v) is 8.39.